The van der Waals surface area contributed by atoms with Crippen LogP contribution < -0.4 is 0 Å². The van der Waals surface area contributed by atoms with E-state index in [4.69, 9.17) is 18.9 Å². The third-order valence-corrected chi connectivity index (χ3v) is 3.10. The number of aliphatic hydroxyl groups excluding tert-OH is 1. The van der Waals surface area contributed by atoms with Crippen molar-refractivity contribution in [1.29, 1.82) is 0 Å². The first kappa shape index (κ1) is 16.7. The third-order valence-electron chi connectivity index (χ3n) is 3.10. The predicted molar refractivity (Wildman–Crippen MR) is 78.8 cm³/mol. The summed E-state index contributed by atoms with van der Waals surface area (Å²) in [6.07, 6.45) is 4.52. The molecule has 0 bridgehead atoms. The fourth-order valence-corrected chi connectivity index (χ4v) is 2.01. The van der Waals surface area contributed by atoms with Crippen molar-refractivity contribution >= 4 is 5.97 Å². The number of ether oxygens (including phenoxy) is 4. The lowest BCUT2D eigenvalue weighted by Crippen LogP contribution is -2.22. The van der Waals surface area contributed by atoms with E-state index in [-0.39, 0.29) is 36.2 Å². The topological polar surface area (TPSA) is 77.5 Å². The van der Waals surface area contributed by atoms with Gasteiger partial charge in [0.05, 0.1) is 6.10 Å². The molecule has 1 N–H and O–H groups in total. The molecule has 2 aliphatic rings. The van der Waals surface area contributed by atoms with Crippen molar-refractivity contribution in [2.45, 2.75) is 71.1 Å². The minimum atomic E-state index is -0.483. The van der Waals surface area contributed by atoms with Crippen LogP contribution >= 0.6 is 0 Å². The smallest absolute Gasteiger partial charge is 0.330 e. The van der Waals surface area contributed by atoms with Gasteiger partial charge >= 0.3 is 11.9 Å². The number of carbonyl (C=O) groups is 1. The van der Waals surface area contributed by atoms with E-state index in [9.17, 15) is 9.90 Å². The molecule has 0 aromatic heterocycles. The van der Waals surface area contributed by atoms with E-state index in [1.54, 1.807) is 6.08 Å². The second kappa shape index (κ2) is 6.60. The van der Waals surface area contributed by atoms with Crippen LogP contribution in [0.2, 0.25) is 0 Å². The van der Waals surface area contributed by atoms with Gasteiger partial charge in [0.15, 0.2) is 5.76 Å². The highest BCUT2D eigenvalue weighted by Gasteiger charge is 2.47. The van der Waals surface area contributed by atoms with Gasteiger partial charge in [-0.3, -0.25) is 0 Å². The maximum atomic E-state index is 11.5. The Kier molecular flexibility index (Phi) is 5.01. The van der Waals surface area contributed by atoms with E-state index in [1.807, 2.05) is 27.7 Å². The second-order valence-corrected chi connectivity index (χ2v) is 6.54. The summed E-state index contributed by atoms with van der Waals surface area (Å²) in [6, 6.07) is 0. The molecule has 6 heteroatoms. The van der Waals surface area contributed by atoms with Crippen LogP contribution in [-0.4, -0.2) is 35.2 Å². The zero-order valence-electron chi connectivity index (χ0n) is 13.5. The Morgan fingerprint density at radius 2 is 2.23 bits per heavy atom. The van der Waals surface area contributed by atoms with Crippen LogP contribution in [0.4, 0.5) is 0 Å². The summed E-state index contributed by atoms with van der Waals surface area (Å²) < 4.78 is 21.2. The van der Waals surface area contributed by atoms with Crippen molar-refractivity contribution in [3.05, 3.63) is 23.9 Å². The molecule has 22 heavy (non-hydrogen) atoms. The Hall–Kier alpha value is -1.69. The van der Waals surface area contributed by atoms with Crippen molar-refractivity contribution in [2.24, 2.45) is 0 Å². The summed E-state index contributed by atoms with van der Waals surface area (Å²) in [6.45, 7) is 7.36. The van der Waals surface area contributed by atoms with Crippen LogP contribution in [0, 0.1) is 0 Å². The second-order valence-electron chi connectivity index (χ2n) is 6.54. The first-order valence-electron chi connectivity index (χ1n) is 7.55. The fourth-order valence-electron chi connectivity index (χ4n) is 2.01. The summed E-state index contributed by atoms with van der Waals surface area (Å²) in [5.74, 6) is -0.105. The van der Waals surface area contributed by atoms with Gasteiger partial charge in [-0.25, -0.2) is 4.79 Å². The summed E-state index contributed by atoms with van der Waals surface area (Å²) in [5, 5.41) is 9.74. The predicted octanol–water partition coefficient (Wildman–Crippen LogP) is 2.94. The molecule has 0 amide bonds. The Morgan fingerprint density at radius 3 is 2.91 bits per heavy atom. The monoisotopic (exact) mass is 312 g/mol. The van der Waals surface area contributed by atoms with Gasteiger partial charge in [-0.2, -0.15) is 0 Å². The van der Waals surface area contributed by atoms with Gasteiger partial charge in [-0.05, 0) is 40.5 Å². The minimum absolute atomic E-state index is 0.0283. The summed E-state index contributed by atoms with van der Waals surface area (Å²) >= 11 is 0. The molecular formula is C16H24O6. The van der Waals surface area contributed by atoms with Gasteiger partial charge in [0.2, 0.25) is 6.29 Å². The van der Waals surface area contributed by atoms with E-state index in [2.05, 4.69) is 0 Å². The fraction of sp³-hybridized carbons (Fsp3) is 0.688. The van der Waals surface area contributed by atoms with Gasteiger partial charge in [0.1, 0.15) is 11.7 Å². The highest BCUT2D eigenvalue weighted by molar-refractivity contribution is 5.82. The van der Waals surface area contributed by atoms with Crippen molar-refractivity contribution < 1.29 is 28.8 Å². The number of aliphatic hydroxyl groups is 1. The van der Waals surface area contributed by atoms with Gasteiger partial charge in [-0.15, -0.1) is 0 Å². The number of esters is 1. The number of carbonyl (C=O) groups excluding carboxylic acids is 1. The van der Waals surface area contributed by atoms with Gasteiger partial charge in [0.25, 0.3) is 0 Å². The van der Waals surface area contributed by atoms with Crippen molar-refractivity contribution in [3.8, 4) is 0 Å². The lowest BCUT2D eigenvalue weighted by atomic mass is 10.2. The highest BCUT2D eigenvalue weighted by Crippen LogP contribution is 2.37. The third kappa shape index (κ3) is 5.26. The average Bonchev–Trinajstić information content (AvgIpc) is 3.10. The molecule has 124 valence electrons. The first-order chi connectivity index (χ1) is 10.2. The highest BCUT2D eigenvalue weighted by atomic mass is 16.8. The molecule has 0 aliphatic carbocycles. The zero-order chi connectivity index (χ0) is 16.3. The summed E-state index contributed by atoms with van der Waals surface area (Å²) in [5.41, 5.74) is -0.483. The number of fused-ring (bicyclic) bond motifs is 1. The molecule has 2 heterocycles. The van der Waals surface area contributed by atoms with Gasteiger partial charge < -0.3 is 24.1 Å². The average molecular weight is 312 g/mol. The van der Waals surface area contributed by atoms with Crippen LogP contribution in [0.5, 0.6) is 0 Å². The number of hydrogen-bond acceptors (Lipinski definition) is 6. The summed E-state index contributed by atoms with van der Waals surface area (Å²) in [4.78, 5) is 11.5. The molecular weight excluding hydrogens is 288 g/mol. The lowest BCUT2D eigenvalue weighted by molar-refractivity contribution is -0.148. The number of rotatable bonds is 6. The summed E-state index contributed by atoms with van der Waals surface area (Å²) in [7, 11) is 0. The largest absolute Gasteiger partial charge is 0.506 e. The molecule has 0 aromatic rings. The Balaban J connectivity index is 1.67. The van der Waals surface area contributed by atoms with E-state index >= 15 is 0 Å². The van der Waals surface area contributed by atoms with Crippen LogP contribution in [0.3, 0.4) is 0 Å². The number of allylic oxidation sites excluding steroid dienone is 1. The minimum Gasteiger partial charge on any atom is -0.506 e. The van der Waals surface area contributed by atoms with Crippen molar-refractivity contribution in [1.82, 2.24) is 0 Å². The molecule has 0 aromatic carbocycles. The lowest BCUT2D eigenvalue weighted by Gasteiger charge is -2.19. The van der Waals surface area contributed by atoms with Crippen molar-refractivity contribution in [2.75, 3.05) is 0 Å². The van der Waals surface area contributed by atoms with Crippen LogP contribution in [0.25, 0.3) is 0 Å². The van der Waals surface area contributed by atoms with Crippen LogP contribution in [-0.2, 0) is 23.7 Å². The Bertz CT molecular complexity index is 474. The quantitative estimate of drug-likeness (QED) is 0.461. The first-order valence-corrected chi connectivity index (χ1v) is 7.55. The maximum absolute atomic E-state index is 11.5. The normalized spacial score (nSPS) is 25.5. The molecule has 6 nitrogen and oxygen atoms in total. The molecule has 1 unspecified atom stereocenters. The molecule has 1 fully saturated rings. The zero-order valence-corrected chi connectivity index (χ0v) is 13.5. The Morgan fingerprint density at radius 1 is 1.50 bits per heavy atom. The standard InChI is InChI=1S/C16H24O6/c1-10(7-5-6-8-13(18)22-16(2,3)4)19-14-11(17)9-12-15(20-12)21-14/h6,8,10,12,15,17H,5,7,9H2,1-4H3/b8-6+/t10-,12-,15?/m1/s1. The van der Waals surface area contributed by atoms with Crippen LogP contribution in [0.1, 0.15) is 47.0 Å². The molecule has 0 spiro atoms. The molecule has 0 radical (unpaired) electrons. The molecule has 3 atom stereocenters. The van der Waals surface area contributed by atoms with E-state index in [0.29, 0.717) is 19.3 Å². The number of hydrogen-bond donors (Lipinski definition) is 1. The number of epoxide rings is 1. The maximum Gasteiger partial charge on any atom is 0.330 e. The molecule has 0 saturated carbocycles. The van der Waals surface area contributed by atoms with Crippen LogP contribution in [0.15, 0.2) is 23.9 Å². The SMILES string of the molecule is C[C@H](CC/C=C/C(=O)OC(C)(C)C)OC1=C(O)C[C@H]2OC2O1. The van der Waals surface area contributed by atoms with E-state index in [0.717, 1.165) is 0 Å². The van der Waals surface area contributed by atoms with Gasteiger partial charge in [-0.1, -0.05) is 6.08 Å². The Labute approximate surface area is 130 Å². The molecule has 1 saturated heterocycles. The van der Waals surface area contributed by atoms with E-state index < -0.39 is 5.60 Å². The van der Waals surface area contributed by atoms with E-state index in [1.165, 1.54) is 6.08 Å². The van der Waals surface area contributed by atoms with Gasteiger partial charge in [0, 0.05) is 12.5 Å². The molecule has 2 aliphatic heterocycles. The van der Waals surface area contributed by atoms with Crippen molar-refractivity contribution in [3.63, 3.8) is 0 Å². The molecule has 2 rings (SSSR count).